The van der Waals surface area contributed by atoms with E-state index in [9.17, 15) is 0 Å². The average molecular weight is 309 g/mol. The van der Waals surface area contributed by atoms with Gasteiger partial charge in [0.2, 0.25) is 0 Å². The summed E-state index contributed by atoms with van der Waals surface area (Å²) in [6, 6.07) is 4.66. The van der Waals surface area contributed by atoms with Crippen LogP contribution in [0.4, 0.5) is 0 Å². The highest BCUT2D eigenvalue weighted by Crippen LogP contribution is 2.30. The maximum Gasteiger partial charge on any atom is 0.0453 e. The minimum atomic E-state index is 1.29. The number of hydrogen-bond donors (Lipinski definition) is 0. The Kier molecular flexibility index (Phi) is 7.67. The van der Waals surface area contributed by atoms with Gasteiger partial charge in [-0.2, -0.15) is 0 Å². The van der Waals surface area contributed by atoms with Gasteiger partial charge in [-0.25, -0.2) is 0 Å². The van der Waals surface area contributed by atoms with E-state index in [-0.39, 0.29) is 0 Å². The van der Waals surface area contributed by atoms with E-state index in [1.54, 1.807) is 4.88 Å². The van der Waals surface area contributed by atoms with Crippen LogP contribution >= 0.6 is 22.7 Å². The van der Waals surface area contributed by atoms with Crippen LogP contribution < -0.4 is 0 Å². The topological polar surface area (TPSA) is 0 Å². The van der Waals surface area contributed by atoms with Gasteiger partial charge in [0.25, 0.3) is 0 Å². The highest BCUT2D eigenvalue weighted by molar-refractivity contribution is 7.26. The van der Waals surface area contributed by atoms with Crippen LogP contribution in [0, 0.1) is 0 Å². The van der Waals surface area contributed by atoms with Gasteiger partial charge in [-0.05, 0) is 30.4 Å². The van der Waals surface area contributed by atoms with Crippen molar-refractivity contribution in [2.45, 2.75) is 77.6 Å². The van der Waals surface area contributed by atoms with E-state index < -0.39 is 0 Å². The van der Waals surface area contributed by atoms with Gasteiger partial charge < -0.3 is 0 Å². The van der Waals surface area contributed by atoms with Crippen LogP contribution in [0.3, 0.4) is 0 Å². The van der Waals surface area contributed by atoms with Crippen molar-refractivity contribution in [1.82, 2.24) is 0 Å². The second-order valence-electron chi connectivity index (χ2n) is 5.79. The minimum absolute atomic E-state index is 1.29. The summed E-state index contributed by atoms with van der Waals surface area (Å²) in [6.07, 6.45) is 15.6. The first-order chi connectivity index (χ1) is 9.90. The number of aryl methyl sites for hydroxylation is 1. The molecular formula is C18H28S2. The standard InChI is InChI=1S/C18H28S2/c1-2-3-4-5-6-7-8-9-10-11-12-16-15-18-17(20-16)13-14-19-18/h13-15H,2-12H2,1H3. The third kappa shape index (κ3) is 5.57. The normalized spacial score (nSPS) is 11.4. The van der Waals surface area contributed by atoms with E-state index in [4.69, 9.17) is 0 Å². The Morgan fingerprint density at radius 1 is 0.800 bits per heavy atom. The number of hydrogen-bond acceptors (Lipinski definition) is 2. The van der Waals surface area contributed by atoms with Crippen molar-refractivity contribution in [2.24, 2.45) is 0 Å². The maximum atomic E-state index is 2.40. The monoisotopic (exact) mass is 308 g/mol. The molecule has 0 aliphatic rings. The molecule has 0 radical (unpaired) electrons. The van der Waals surface area contributed by atoms with Gasteiger partial charge in [-0.15, -0.1) is 22.7 Å². The van der Waals surface area contributed by atoms with Crippen molar-refractivity contribution in [3.8, 4) is 0 Å². The summed E-state index contributed by atoms with van der Waals surface area (Å²) in [5, 5.41) is 2.20. The molecule has 0 aromatic carbocycles. The Bertz CT molecular complexity index is 438. The molecule has 2 aromatic heterocycles. The largest absolute Gasteiger partial charge is 0.143 e. The lowest BCUT2D eigenvalue weighted by Crippen LogP contribution is -1.84. The predicted octanol–water partition coefficient (Wildman–Crippen LogP) is 7.43. The van der Waals surface area contributed by atoms with E-state index in [0.29, 0.717) is 0 Å². The third-order valence-corrected chi connectivity index (χ3v) is 6.12. The molecule has 2 aromatic rings. The molecular weight excluding hydrogens is 280 g/mol. The van der Waals surface area contributed by atoms with Crippen molar-refractivity contribution >= 4 is 32.1 Å². The van der Waals surface area contributed by atoms with Crippen LogP contribution in [0.25, 0.3) is 9.40 Å². The number of thiophene rings is 2. The first-order valence-corrected chi connectivity index (χ1v) is 10.1. The Morgan fingerprint density at radius 3 is 2.10 bits per heavy atom. The summed E-state index contributed by atoms with van der Waals surface area (Å²) in [4.78, 5) is 1.59. The summed E-state index contributed by atoms with van der Waals surface area (Å²) in [5.41, 5.74) is 0. The lowest BCUT2D eigenvalue weighted by Gasteiger charge is -2.01. The zero-order valence-corrected chi connectivity index (χ0v) is 14.5. The molecule has 2 heterocycles. The Labute approximate surface area is 132 Å². The van der Waals surface area contributed by atoms with E-state index in [0.717, 1.165) is 0 Å². The molecule has 0 spiro atoms. The van der Waals surface area contributed by atoms with Crippen molar-refractivity contribution in [3.05, 3.63) is 22.4 Å². The summed E-state index contributed by atoms with van der Waals surface area (Å²) < 4.78 is 2.97. The first kappa shape index (κ1) is 16.0. The van der Waals surface area contributed by atoms with Crippen molar-refractivity contribution in [3.63, 3.8) is 0 Å². The van der Waals surface area contributed by atoms with Gasteiger partial charge in [0.05, 0.1) is 0 Å². The minimum Gasteiger partial charge on any atom is -0.143 e. The van der Waals surface area contributed by atoms with Gasteiger partial charge in [0.1, 0.15) is 0 Å². The zero-order valence-electron chi connectivity index (χ0n) is 12.8. The fourth-order valence-corrected chi connectivity index (χ4v) is 4.90. The summed E-state index contributed by atoms with van der Waals surface area (Å²) in [6.45, 7) is 2.29. The Morgan fingerprint density at radius 2 is 1.45 bits per heavy atom. The molecule has 0 bridgehead atoms. The molecule has 0 amide bonds. The smallest absolute Gasteiger partial charge is 0.0453 e. The molecule has 20 heavy (non-hydrogen) atoms. The lowest BCUT2D eigenvalue weighted by atomic mass is 10.1. The zero-order chi connectivity index (χ0) is 14.0. The van der Waals surface area contributed by atoms with E-state index in [1.807, 2.05) is 22.7 Å². The second kappa shape index (κ2) is 9.57. The first-order valence-electron chi connectivity index (χ1n) is 8.36. The molecule has 0 aliphatic carbocycles. The molecule has 112 valence electrons. The van der Waals surface area contributed by atoms with Crippen LogP contribution in [0.1, 0.15) is 76.0 Å². The molecule has 0 saturated heterocycles. The summed E-state index contributed by atoms with van der Waals surface area (Å²) >= 11 is 3.87. The quantitative estimate of drug-likeness (QED) is 0.379. The van der Waals surface area contributed by atoms with Crippen LogP contribution in [-0.4, -0.2) is 0 Å². The fraction of sp³-hybridized carbons (Fsp3) is 0.667. The second-order valence-corrected chi connectivity index (χ2v) is 7.91. The number of rotatable bonds is 11. The van der Waals surface area contributed by atoms with Crippen molar-refractivity contribution < 1.29 is 0 Å². The van der Waals surface area contributed by atoms with Crippen molar-refractivity contribution in [2.75, 3.05) is 0 Å². The molecule has 0 saturated carbocycles. The van der Waals surface area contributed by atoms with Crippen LogP contribution in [0.15, 0.2) is 17.5 Å². The fourth-order valence-electron chi connectivity index (χ4n) is 2.73. The maximum absolute atomic E-state index is 2.40. The molecule has 0 unspecified atom stereocenters. The SMILES string of the molecule is CCCCCCCCCCCCc1cc2sccc2s1. The van der Waals surface area contributed by atoms with Gasteiger partial charge in [-0.1, -0.05) is 64.7 Å². The predicted molar refractivity (Wildman–Crippen MR) is 95.3 cm³/mol. The lowest BCUT2D eigenvalue weighted by molar-refractivity contribution is 0.557. The molecule has 0 aliphatic heterocycles. The van der Waals surface area contributed by atoms with E-state index >= 15 is 0 Å². The number of unbranched alkanes of at least 4 members (excludes halogenated alkanes) is 9. The highest BCUT2D eigenvalue weighted by Gasteiger charge is 2.02. The molecule has 2 rings (SSSR count). The molecule has 0 fully saturated rings. The third-order valence-electron chi connectivity index (χ3n) is 3.97. The van der Waals surface area contributed by atoms with Gasteiger partial charge in [0.15, 0.2) is 0 Å². The summed E-state index contributed by atoms with van der Waals surface area (Å²) in [5.74, 6) is 0. The van der Waals surface area contributed by atoms with E-state index in [1.165, 1.54) is 80.0 Å². The molecule has 0 nitrogen and oxygen atoms in total. The molecule has 2 heteroatoms. The van der Waals surface area contributed by atoms with Gasteiger partial charge in [-0.3, -0.25) is 0 Å². The van der Waals surface area contributed by atoms with Crippen LogP contribution in [0.5, 0.6) is 0 Å². The van der Waals surface area contributed by atoms with Crippen molar-refractivity contribution in [1.29, 1.82) is 0 Å². The Balaban J connectivity index is 1.45. The molecule has 0 atom stereocenters. The number of fused-ring (bicyclic) bond motifs is 1. The van der Waals surface area contributed by atoms with Crippen LogP contribution in [0.2, 0.25) is 0 Å². The van der Waals surface area contributed by atoms with Gasteiger partial charge in [0, 0.05) is 14.3 Å². The van der Waals surface area contributed by atoms with E-state index in [2.05, 4.69) is 24.4 Å². The average Bonchev–Trinajstić information content (AvgIpc) is 3.02. The van der Waals surface area contributed by atoms with Crippen LogP contribution in [-0.2, 0) is 6.42 Å². The highest BCUT2D eigenvalue weighted by atomic mass is 32.1. The summed E-state index contributed by atoms with van der Waals surface area (Å²) in [7, 11) is 0. The molecule has 0 N–H and O–H groups in total. The van der Waals surface area contributed by atoms with Gasteiger partial charge >= 0.3 is 0 Å². The Hall–Kier alpha value is -0.340.